The molecule has 0 aromatic heterocycles. The summed E-state index contributed by atoms with van der Waals surface area (Å²) in [4.78, 5) is 12.3. The first kappa shape index (κ1) is 17.1. The first-order chi connectivity index (χ1) is 11.1. The van der Waals surface area contributed by atoms with Crippen molar-refractivity contribution in [3.05, 3.63) is 59.2 Å². The molecule has 3 nitrogen and oxygen atoms in total. The number of esters is 1. The van der Waals surface area contributed by atoms with E-state index in [1.165, 1.54) is 12.8 Å². The molecule has 0 radical (unpaired) electrons. The predicted molar refractivity (Wildman–Crippen MR) is 92.3 cm³/mol. The van der Waals surface area contributed by atoms with Crippen LogP contribution in [-0.4, -0.2) is 12.6 Å². The van der Waals surface area contributed by atoms with E-state index in [4.69, 9.17) is 9.47 Å². The molecule has 0 fully saturated rings. The molecule has 0 heterocycles. The van der Waals surface area contributed by atoms with Gasteiger partial charge in [0, 0.05) is 0 Å². The van der Waals surface area contributed by atoms with E-state index in [0.29, 0.717) is 17.9 Å². The molecular weight excluding hydrogens is 288 g/mol. The molecule has 0 amide bonds. The molecule has 3 heteroatoms. The van der Waals surface area contributed by atoms with Crippen LogP contribution in [0, 0.1) is 13.8 Å². The van der Waals surface area contributed by atoms with Crippen LogP contribution in [0.25, 0.3) is 0 Å². The fourth-order valence-corrected chi connectivity index (χ4v) is 2.34. The quantitative estimate of drug-likeness (QED) is 0.406. The van der Waals surface area contributed by atoms with Gasteiger partial charge in [0.15, 0.2) is 0 Å². The second kappa shape index (κ2) is 8.37. The molecule has 2 aromatic rings. The van der Waals surface area contributed by atoms with Gasteiger partial charge in [0.05, 0.1) is 12.2 Å². The van der Waals surface area contributed by atoms with Gasteiger partial charge in [-0.1, -0.05) is 38.0 Å². The van der Waals surface area contributed by atoms with Crippen LogP contribution >= 0.6 is 0 Å². The maximum atomic E-state index is 12.3. The van der Waals surface area contributed by atoms with Crippen LogP contribution in [0.15, 0.2) is 42.5 Å². The third-order valence-corrected chi connectivity index (χ3v) is 3.71. The number of hydrogen-bond donors (Lipinski definition) is 0. The average Bonchev–Trinajstić information content (AvgIpc) is 2.55. The lowest BCUT2D eigenvalue weighted by Crippen LogP contribution is -2.10. The Morgan fingerprint density at radius 2 is 1.61 bits per heavy atom. The minimum atomic E-state index is -0.347. The monoisotopic (exact) mass is 312 g/mol. The number of unbranched alkanes of at least 4 members (excludes halogenated alkanes) is 2. The molecule has 0 spiro atoms. The van der Waals surface area contributed by atoms with Crippen LogP contribution in [-0.2, 0) is 0 Å². The van der Waals surface area contributed by atoms with Crippen LogP contribution in [0.2, 0.25) is 0 Å². The largest absolute Gasteiger partial charge is 0.494 e. The SMILES string of the molecule is CCCCCOc1ccc(C(=O)Oc2c(C)cccc2C)cc1. The Balaban J connectivity index is 1.97. The van der Waals surface area contributed by atoms with Crippen molar-refractivity contribution in [3.63, 3.8) is 0 Å². The van der Waals surface area contributed by atoms with Gasteiger partial charge in [0.25, 0.3) is 0 Å². The number of rotatable bonds is 7. The summed E-state index contributed by atoms with van der Waals surface area (Å²) in [7, 11) is 0. The molecule has 0 aliphatic carbocycles. The van der Waals surface area contributed by atoms with Crippen molar-refractivity contribution in [3.8, 4) is 11.5 Å². The molecule has 0 saturated heterocycles. The van der Waals surface area contributed by atoms with Crippen molar-refractivity contribution in [2.45, 2.75) is 40.0 Å². The number of carbonyl (C=O) groups is 1. The lowest BCUT2D eigenvalue weighted by molar-refractivity contribution is 0.0732. The second-order valence-electron chi connectivity index (χ2n) is 5.69. The highest BCUT2D eigenvalue weighted by Crippen LogP contribution is 2.24. The third kappa shape index (κ3) is 4.85. The van der Waals surface area contributed by atoms with E-state index in [-0.39, 0.29) is 5.97 Å². The predicted octanol–water partition coefficient (Wildman–Crippen LogP) is 5.09. The van der Waals surface area contributed by atoms with E-state index in [1.54, 1.807) is 12.1 Å². The van der Waals surface area contributed by atoms with Gasteiger partial charge >= 0.3 is 5.97 Å². The minimum absolute atomic E-state index is 0.347. The Hall–Kier alpha value is -2.29. The van der Waals surface area contributed by atoms with E-state index < -0.39 is 0 Å². The van der Waals surface area contributed by atoms with Gasteiger partial charge in [-0.3, -0.25) is 0 Å². The Kier molecular flexibility index (Phi) is 6.21. The van der Waals surface area contributed by atoms with Crippen molar-refractivity contribution in [1.82, 2.24) is 0 Å². The molecule has 0 N–H and O–H groups in total. The lowest BCUT2D eigenvalue weighted by atomic mass is 10.1. The van der Waals surface area contributed by atoms with Crippen LogP contribution in [0.4, 0.5) is 0 Å². The fraction of sp³-hybridized carbons (Fsp3) is 0.350. The molecule has 0 aliphatic rings. The summed E-state index contributed by atoms with van der Waals surface area (Å²) in [6, 6.07) is 12.9. The smallest absolute Gasteiger partial charge is 0.343 e. The van der Waals surface area contributed by atoms with Gasteiger partial charge < -0.3 is 9.47 Å². The van der Waals surface area contributed by atoms with E-state index in [2.05, 4.69) is 6.92 Å². The minimum Gasteiger partial charge on any atom is -0.494 e. The van der Waals surface area contributed by atoms with Crippen LogP contribution in [0.1, 0.15) is 47.7 Å². The number of hydrogen-bond acceptors (Lipinski definition) is 3. The highest BCUT2D eigenvalue weighted by atomic mass is 16.5. The van der Waals surface area contributed by atoms with E-state index in [0.717, 1.165) is 23.3 Å². The standard InChI is InChI=1S/C20H24O3/c1-4-5-6-14-22-18-12-10-17(11-13-18)20(21)23-19-15(2)8-7-9-16(19)3/h7-13H,4-6,14H2,1-3H3. The highest BCUT2D eigenvalue weighted by molar-refractivity contribution is 5.91. The molecule has 122 valence electrons. The number of para-hydroxylation sites is 1. The number of carbonyl (C=O) groups excluding carboxylic acids is 1. The molecule has 0 saturated carbocycles. The van der Waals surface area contributed by atoms with E-state index in [9.17, 15) is 4.79 Å². The maximum absolute atomic E-state index is 12.3. The lowest BCUT2D eigenvalue weighted by Gasteiger charge is -2.11. The normalized spacial score (nSPS) is 10.4. The van der Waals surface area contributed by atoms with E-state index >= 15 is 0 Å². The molecule has 2 aromatic carbocycles. The Morgan fingerprint density at radius 3 is 2.22 bits per heavy atom. The van der Waals surface area contributed by atoms with Gasteiger partial charge in [0.2, 0.25) is 0 Å². The number of ether oxygens (including phenoxy) is 2. The zero-order valence-corrected chi connectivity index (χ0v) is 14.1. The molecule has 0 bridgehead atoms. The summed E-state index contributed by atoms with van der Waals surface area (Å²) < 4.78 is 11.2. The average molecular weight is 312 g/mol. The van der Waals surface area contributed by atoms with Crippen molar-refractivity contribution in [1.29, 1.82) is 0 Å². The van der Waals surface area contributed by atoms with Gasteiger partial charge in [-0.25, -0.2) is 4.79 Å². The van der Waals surface area contributed by atoms with Crippen LogP contribution in [0.3, 0.4) is 0 Å². The Labute approximate surface area is 138 Å². The third-order valence-electron chi connectivity index (χ3n) is 3.71. The molecule has 23 heavy (non-hydrogen) atoms. The summed E-state index contributed by atoms with van der Waals surface area (Å²) in [5.74, 6) is 1.07. The van der Waals surface area contributed by atoms with Crippen LogP contribution < -0.4 is 9.47 Å². The molecule has 0 aliphatic heterocycles. The molecular formula is C20H24O3. The van der Waals surface area contributed by atoms with Crippen molar-refractivity contribution in [2.75, 3.05) is 6.61 Å². The molecule has 0 atom stereocenters. The van der Waals surface area contributed by atoms with Gasteiger partial charge in [-0.2, -0.15) is 0 Å². The first-order valence-electron chi connectivity index (χ1n) is 8.13. The Bertz CT molecular complexity index is 624. The molecule has 0 unspecified atom stereocenters. The number of benzene rings is 2. The summed E-state index contributed by atoms with van der Waals surface area (Å²) in [5.41, 5.74) is 2.43. The van der Waals surface area contributed by atoms with Gasteiger partial charge in [0.1, 0.15) is 11.5 Å². The van der Waals surface area contributed by atoms with Gasteiger partial charge in [-0.15, -0.1) is 0 Å². The van der Waals surface area contributed by atoms with Crippen molar-refractivity contribution in [2.24, 2.45) is 0 Å². The zero-order valence-electron chi connectivity index (χ0n) is 14.1. The molecule has 2 rings (SSSR count). The highest BCUT2D eigenvalue weighted by Gasteiger charge is 2.12. The topological polar surface area (TPSA) is 35.5 Å². The zero-order chi connectivity index (χ0) is 16.7. The van der Waals surface area contributed by atoms with Crippen molar-refractivity contribution >= 4 is 5.97 Å². The van der Waals surface area contributed by atoms with E-state index in [1.807, 2.05) is 44.2 Å². The summed E-state index contributed by atoms with van der Waals surface area (Å²) in [5, 5.41) is 0. The summed E-state index contributed by atoms with van der Waals surface area (Å²) in [6.07, 6.45) is 3.39. The Morgan fingerprint density at radius 1 is 0.957 bits per heavy atom. The number of aryl methyl sites for hydroxylation is 2. The summed E-state index contributed by atoms with van der Waals surface area (Å²) >= 11 is 0. The van der Waals surface area contributed by atoms with Crippen LogP contribution in [0.5, 0.6) is 11.5 Å². The first-order valence-corrected chi connectivity index (χ1v) is 8.13. The second-order valence-corrected chi connectivity index (χ2v) is 5.69. The maximum Gasteiger partial charge on any atom is 0.343 e. The fourth-order valence-electron chi connectivity index (χ4n) is 2.34. The van der Waals surface area contributed by atoms with Gasteiger partial charge in [-0.05, 0) is 55.7 Å². The summed E-state index contributed by atoms with van der Waals surface area (Å²) in [6.45, 7) is 6.74. The van der Waals surface area contributed by atoms with Crippen molar-refractivity contribution < 1.29 is 14.3 Å².